The first-order chi connectivity index (χ1) is 17.3. The molecule has 182 valence electrons. The second-order valence-corrected chi connectivity index (χ2v) is 10.3. The fourth-order valence-corrected chi connectivity index (χ4v) is 5.20. The van der Waals surface area contributed by atoms with E-state index in [0.29, 0.717) is 16.3 Å². The molecule has 7 heteroatoms. The third-order valence-corrected chi connectivity index (χ3v) is 7.34. The van der Waals surface area contributed by atoms with E-state index < -0.39 is 5.25 Å². The van der Waals surface area contributed by atoms with Crippen LogP contribution in [0.25, 0.3) is 0 Å². The molecule has 0 radical (unpaired) electrons. The Labute approximate surface area is 225 Å². The molecule has 2 amide bonds. The first kappa shape index (κ1) is 25.8. The topological polar surface area (TPSA) is 58.2 Å². The molecule has 4 nitrogen and oxygen atoms in total. The van der Waals surface area contributed by atoms with Gasteiger partial charge in [0.1, 0.15) is 5.25 Å². The van der Waals surface area contributed by atoms with Crippen molar-refractivity contribution >= 4 is 58.2 Å². The van der Waals surface area contributed by atoms with Crippen molar-refractivity contribution in [3.8, 4) is 0 Å². The van der Waals surface area contributed by atoms with Crippen LogP contribution < -0.4 is 10.6 Å². The molecule has 2 N–H and O–H groups in total. The number of nitrogens with one attached hydrogen (secondary N) is 2. The van der Waals surface area contributed by atoms with Gasteiger partial charge in [-0.15, -0.1) is 11.8 Å². The van der Waals surface area contributed by atoms with Crippen LogP contribution in [-0.2, 0) is 4.79 Å². The second-order valence-electron chi connectivity index (χ2n) is 8.32. The van der Waals surface area contributed by atoms with Crippen LogP contribution in [0.5, 0.6) is 0 Å². The highest BCUT2D eigenvalue weighted by molar-refractivity contribution is 8.00. The van der Waals surface area contributed by atoms with E-state index >= 15 is 0 Å². The summed E-state index contributed by atoms with van der Waals surface area (Å²) in [6.45, 7) is 4.01. The number of carbonyl (C=O) groups is 2. The summed E-state index contributed by atoms with van der Waals surface area (Å²) in [5.41, 5.74) is 4.81. The summed E-state index contributed by atoms with van der Waals surface area (Å²) in [6, 6.07) is 27.7. The van der Waals surface area contributed by atoms with Gasteiger partial charge < -0.3 is 10.6 Å². The first-order valence-electron chi connectivity index (χ1n) is 11.3. The molecule has 0 aliphatic heterocycles. The van der Waals surface area contributed by atoms with Crippen molar-refractivity contribution < 1.29 is 9.59 Å². The van der Waals surface area contributed by atoms with Gasteiger partial charge in [0.25, 0.3) is 5.91 Å². The Morgan fingerprint density at radius 1 is 0.806 bits per heavy atom. The maximum atomic E-state index is 13.4. The number of rotatable bonds is 7. The van der Waals surface area contributed by atoms with Gasteiger partial charge in [-0.25, -0.2) is 0 Å². The second kappa shape index (κ2) is 11.7. The number of hydrogen-bond acceptors (Lipinski definition) is 3. The minimum absolute atomic E-state index is 0.104. The Hall–Kier alpha value is -3.25. The van der Waals surface area contributed by atoms with Crippen molar-refractivity contribution in [2.45, 2.75) is 24.0 Å². The number of amides is 2. The van der Waals surface area contributed by atoms with E-state index in [1.165, 1.54) is 17.8 Å². The summed E-state index contributed by atoms with van der Waals surface area (Å²) in [4.78, 5) is 26.9. The lowest BCUT2D eigenvalue weighted by Crippen LogP contribution is -2.19. The predicted octanol–water partition coefficient (Wildman–Crippen LogP) is 8.33. The van der Waals surface area contributed by atoms with Gasteiger partial charge in [-0.1, -0.05) is 71.2 Å². The number of hydrogen-bond donors (Lipinski definition) is 2. The zero-order valence-electron chi connectivity index (χ0n) is 19.7. The molecule has 0 saturated carbocycles. The number of benzene rings is 4. The van der Waals surface area contributed by atoms with Gasteiger partial charge in [-0.3, -0.25) is 9.59 Å². The maximum Gasteiger partial charge on any atom is 0.257 e. The molecule has 1 unspecified atom stereocenters. The van der Waals surface area contributed by atoms with E-state index in [2.05, 4.69) is 10.6 Å². The lowest BCUT2D eigenvalue weighted by molar-refractivity contribution is -0.115. The summed E-state index contributed by atoms with van der Waals surface area (Å²) in [5, 5.41) is 6.22. The molecular formula is C29H24Cl2N2O2S. The lowest BCUT2D eigenvalue weighted by Gasteiger charge is -2.18. The van der Waals surface area contributed by atoms with E-state index in [0.717, 1.165) is 27.3 Å². The molecule has 0 fully saturated rings. The first-order valence-corrected chi connectivity index (χ1v) is 12.9. The fraction of sp³-hybridized carbons (Fsp3) is 0.103. The van der Waals surface area contributed by atoms with Crippen molar-refractivity contribution in [2.75, 3.05) is 10.6 Å². The van der Waals surface area contributed by atoms with Crippen LogP contribution in [0.3, 0.4) is 0 Å². The SMILES string of the molecule is Cc1ccc(NC(=O)C(Sc2ccc(NC(=O)c3ccc(Cl)cc3Cl)cc2)c2ccccc2)c(C)c1. The zero-order valence-corrected chi connectivity index (χ0v) is 22.0. The molecule has 0 spiro atoms. The zero-order chi connectivity index (χ0) is 25.7. The largest absolute Gasteiger partial charge is 0.325 e. The monoisotopic (exact) mass is 534 g/mol. The number of thioether (sulfide) groups is 1. The number of halogens is 2. The van der Waals surface area contributed by atoms with Crippen molar-refractivity contribution in [3.05, 3.63) is 123 Å². The van der Waals surface area contributed by atoms with Crippen molar-refractivity contribution in [3.63, 3.8) is 0 Å². The predicted molar refractivity (Wildman–Crippen MR) is 150 cm³/mol. The van der Waals surface area contributed by atoms with Crippen LogP contribution in [0.1, 0.15) is 32.3 Å². The summed E-state index contributed by atoms with van der Waals surface area (Å²) in [7, 11) is 0. The van der Waals surface area contributed by atoms with Crippen LogP contribution >= 0.6 is 35.0 Å². The Morgan fingerprint density at radius 2 is 1.53 bits per heavy atom. The molecule has 4 aromatic rings. The molecule has 0 bridgehead atoms. The Kier molecular flexibility index (Phi) is 8.36. The van der Waals surface area contributed by atoms with E-state index in [4.69, 9.17) is 23.2 Å². The third kappa shape index (κ3) is 6.49. The summed E-state index contributed by atoms with van der Waals surface area (Å²) < 4.78 is 0. The Morgan fingerprint density at radius 3 is 2.19 bits per heavy atom. The van der Waals surface area contributed by atoms with E-state index in [-0.39, 0.29) is 16.8 Å². The molecule has 0 aliphatic carbocycles. The normalized spacial score (nSPS) is 11.6. The molecule has 0 aliphatic rings. The summed E-state index contributed by atoms with van der Waals surface area (Å²) in [5.74, 6) is -0.431. The van der Waals surface area contributed by atoms with Gasteiger partial charge in [0.2, 0.25) is 5.91 Å². The Balaban J connectivity index is 1.50. The van der Waals surface area contributed by atoms with Gasteiger partial charge in [0.05, 0.1) is 10.6 Å². The van der Waals surface area contributed by atoms with E-state index in [9.17, 15) is 9.59 Å². The van der Waals surface area contributed by atoms with Gasteiger partial charge in [0, 0.05) is 21.3 Å². The maximum absolute atomic E-state index is 13.4. The van der Waals surface area contributed by atoms with Crippen molar-refractivity contribution in [2.24, 2.45) is 0 Å². The molecule has 0 aromatic heterocycles. The minimum Gasteiger partial charge on any atom is -0.325 e. The molecular weight excluding hydrogens is 511 g/mol. The highest BCUT2D eigenvalue weighted by Crippen LogP contribution is 2.37. The number of aryl methyl sites for hydroxylation is 2. The third-order valence-electron chi connectivity index (χ3n) is 5.52. The van der Waals surface area contributed by atoms with Crippen molar-refractivity contribution in [1.82, 2.24) is 0 Å². The highest BCUT2D eigenvalue weighted by Gasteiger charge is 2.23. The van der Waals surface area contributed by atoms with E-state index in [1.807, 2.05) is 74.5 Å². The molecule has 1 atom stereocenters. The highest BCUT2D eigenvalue weighted by atomic mass is 35.5. The molecule has 4 aromatic carbocycles. The van der Waals surface area contributed by atoms with Gasteiger partial charge in [-0.05, 0) is 73.5 Å². The van der Waals surface area contributed by atoms with Crippen LogP contribution in [0.4, 0.5) is 11.4 Å². The standard InChI is InChI=1S/C29H24Cl2N2O2S/c1-18-8-15-26(19(2)16-18)33-29(35)27(20-6-4-3-5-7-20)36-23-12-10-22(11-13-23)32-28(34)24-14-9-21(30)17-25(24)31/h3-17,27H,1-2H3,(H,32,34)(H,33,35). The van der Waals surface area contributed by atoms with Crippen LogP contribution in [-0.4, -0.2) is 11.8 Å². The number of carbonyl (C=O) groups excluding carboxylic acids is 2. The van der Waals surface area contributed by atoms with Gasteiger partial charge in [-0.2, -0.15) is 0 Å². The Bertz CT molecular complexity index is 1390. The fourth-order valence-electron chi connectivity index (χ4n) is 3.68. The molecule has 0 heterocycles. The average Bonchev–Trinajstić information content (AvgIpc) is 2.85. The molecule has 0 saturated heterocycles. The van der Waals surface area contributed by atoms with Crippen molar-refractivity contribution in [1.29, 1.82) is 0 Å². The van der Waals surface area contributed by atoms with Crippen LogP contribution in [0.2, 0.25) is 10.0 Å². The smallest absolute Gasteiger partial charge is 0.257 e. The quantitative estimate of drug-likeness (QED) is 0.234. The van der Waals surface area contributed by atoms with Crippen LogP contribution in [0.15, 0.2) is 95.9 Å². The minimum atomic E-state index is -0.458. The summed E-state index contributed by atoms with van der Waals surface area (Å²) >= 11 is 13.5. The van der Waals surface area contributed by atoms with E-state index in [1.54, 1.807) is 24.3 Å². The number of anilines is 2. The lowest BCUT2D eigenvalue weighted by atomic mass is 10.1. The van der Waals surface area contributed by atoms with Gasteiger partial charge in [0.15, 0.2) is 0 Å². The summed E-state index contributed by atoms with van der Waals surface area (Å²) in [6.07, 6.45) is 0. The van der Waals surface area contributed by atoms with Gasteiger partial charge >= 0.3 is 0 Å². The molecule has 4 rings (SSSR count). The average molecular weight is 535 g/mol. The molecule has 36 heavy (non-hydrogen) atoms. The van der Waals surface area contributed by atoms with Crippen LogP contribution in [0, 0.1) is 13.8 Å².